The average molecular weight is 322 g/mol. The summed E-state index contributed by atoms with van der Waals surface area (Å²) < 4.78 is 10.2. The van der Waals surface area contributed by atoms with E-state index in [1.54, 1.807) is 0 Å². The van der Waals surface area contributed by atoms with Crippen molar-refractivity contribution >= 4 is 23.3 Å². The molecule has 124 valence electrons. The van der Waals surface area contributed by atoms with Gasteiger partial charge in [0.25, 0.3) is 11.6 Å². The number of nitrogens with zero attached hydrogens (tertiary/aromatic N) is 1. The fourth-order valence-electron chi connectivity index (χ4n) is 2.11. The van der Waals surface area contributed by atoms with E-state index in [0.29, 0.717) is 0 Å². The molecule has 1 atom stereocenters. The Bertz CT molecular complexity index is 626. The molecule has 0 spiro atoms. The number of nitrogens with one attached hydrogen (secondary N) is 1. The fraction of sp³-hybridized carbons (Fsp3) is 0.467. The van der Waals surface area contributed by atoms with Crippen LogP contribution in [0.5, 0.6) is 5.75 Å². The van der Waals surface area contributed by atoms with Gasteiger partial charge >= 0.3 is 5.97 Å². The molecular weight excluding hydrogens is 304 g/mol. The zero-order chi connectivity index (χ0) is 17.0. The lowest BCUT2D eigenvalue weighted by Crippen LogP contribution is -2.34. The van der Waals surface area contributed by atoms with Gasteiger partial charge in [0.05, 0.1) is 23.6 Å². The number of amides is 1. The summed E-state index contributed by atoms with van der Waals surface area (Å²) in [5.74, 6) is -0.805. The maximum atomic E-state index is 12.1. The summed E-state index contributed by atoms with van der Waals surface area (Å²) in [6, 6.07) is 3.85. The van der Waals surface area contributed by atoms with Crippen molar-refractivity contribution in [2.75, 3.05) is 12.4 Å². The second-order valence-corrected chi connectivity index (χ2v) is 5.34. The number of nitro groups is 1. The lowest BCUT2D eigenvalue weighted by atomic mass is 9.86. The summed E-state index contributed by atoms with van der Waals surface area (Å²) in [6.07, 6.45) is 1.57. The molecule has 1 fully saturated rings. The van der Waals surface area contributed by atoms with Gasteiger partial charge in [0.1, 0.15) is 5.75 Å². The van der Waals surface area contributed by atoms with Gasteiger partial charge in [-0.15, -0.1) is 0 Å². The lowest BCUT2D eigenvalue weighted by molar-refractivity contribution is -0.384. The second-order valence-electron chi connectivity index (χ2n) is 5.34. The van der Waals surface area contributed by atoms with Gasteiger partial charge in [0.15, 0.2) is 6.10 Å². The van der Waals surface area contributed by atoms with E-state index in [-0.39, 0.29) is 29.0 Å². The zero-order valence-electron chi connectivity index (χ0n) is 12.9. The number of nitro benzene ring substituents is 1. The zero-order valence-corrected chi connectivity index (χ0v) is 12.9. The standard InChI is InChI=1S/C15H18N2O6/c1-9(23-15(19)10-4-3-5-10)14(18)16-12-8-11(17(20)21)6-7-13(12)22-2/h6-10H,3-5H2,1-2H3,(H,16,18). The first-order valence-corrected chi connectivity index (χ1v) is 7.26. The summed E-state index contributed by atoms with van der Waals surface area (Å²) in [7, 11) is 1.39. The van der Waals surface area contributed by atoms with E-state index < -0.39 is 16.9 Å². The van der Waals surface area contributed by atoms with Gasteiger partial charge in [-0.2, -0.15) is 0 Å². The van der Waals surface area contributed by atoms with Crippen LogP contribution in [0.1, 0.15) is 26.2 Å². The Morgan fingerprint density at radius 3 is 2.61 bits per heavy atom. The summed E-state index contributed by atoms with van der Waals surface area (Å²) in [6.45, 7) is 1.45. The lowest BCUT2D eigenvalue weighted by Gasteiger charge is -2.25. The number of non-ortho nitro benzene ring substituents is 1. The van der Waals surface area contributed by atoms with Crippen LogP contribution in [-0.2, 0) is 14.3 Å². The van der Waals surface area contributed by atoms with Gasteiger partial charge in [-0.3, -0.25) is 19.7 Å². The Balaban J connectivity index is 2.04. The van der Waals surface area contributed by atoms with Crippen molar-refractivity contribution < 1.29 is 24.0 Å². The molecule has 1 N–H and O–H groups in total. The van der Waals surface area contributed by atoms with Crippen molar-refractivity contribution in [3.8, 4) is 5.75 Å². The number of anilines is 1. The number of carbonyl (C=O) groups is 2. The minimum Gasteiger partial charge on any atom is -0.495 e. The normalized spacial score (nSPS) is 15.2. The van der Waals surface area contributed by atoms with Crippen LogP contribution >= 0.6 is 0 Å². The van der Waals surface area contributed by atoms with Crippen LogP contribution in [-0.4, -0.2) is 30.0 Å². The van der Waals surface area contributed by atoms with Gasteiger partial charge in [-0.25, -0.2) is 0 Å². The highest BCUT2D eigenvalue weighted by molar-refractivity contribution is 5.96. The number of hydrogen-bond donors (Lipinski definition) is 1. The maximum absolute atomic E-state index is 12.1. The Hall–Kier alpha value is -2.64. The van der Waals surface area contributed by atoms with E-state index in [1.807, 2.05) is 0 Å². The monoisotopic (exact) mass is 322 g/mol. The molecular formula is C15H18N2O6. The Kier molecular flexibility index (Phi) is 5.15. The van der Waals surface area contributed by atoms with Crippen molar-refractivity contribution in [1.82, 2.24) is 0 Å². The highest BCUT2D eigenvalue weighted by Gasteiger charge is 2.29. The molecule has 1 saturated carbocycles. The van der Waals surface area contributed by atoms with Gasteiger partial charge in [-0.1, -0.05) is 6.42 Å². The van der Waals surface area contributed by atoms with Crippen molar-refractivity contribution in [1.29, 1.82) is 0 Å². The molecule has 8 nitrogen and oxygen atoms in total. The molecule has 1 aliphatic carbocycles. The predicted molar refractivity (Wildman–Crippen MR) is 81.2 cm³/mol. The van der Waals surface area contributed by atoms with Crippen LogP contribution in [0.25, 0.3) is 0 Å². The molecule has 0 aliphatic heterocycles. The highest BCUT2D eigenvalue weighted by atomic mass is 16.6. The van der Waals surface area contributed by atoms with E-state index in [4.69, 9.17) is 9.47 Å². The summed E-state index contributed by atoms with van der Waals surface area (Å²) in [5, 5.41) is 13.3. The smallest absolute Gasteiger partial charge is 0.309 e. The topological polar surface area (TPSA) is 108 Å². The number of rotatable bonds is 6. The van der Waals surface area contributed by atoms with Crippen LogP contribution in [0.2, 0.25) is 0 Å². The molecule has 0 aromatic heterocycles. The highest BCUT2D eigenvalue weighted by Crippen LogP contribution is 2.30. The number of ether oxygens (including phenoxy) is 2. The third-order valence-electron chi connectivity index (χ3n) is 3.75. The van der Waals surface area contributed by atoms with E-state index >= 15 is 0 Å². The van der Waals surface area contributed by atoms with E-state index in [9.17, 15) is 19.7 Å². The number of hydrogen-bond acceptors (Lipinski definition) is 6. The molecule has 0 bridgehead atoms. The molecule has 0 heterocycles. The van der Waals surface area contributed by atoms with Crippen LogP contribution in [0, 0.1) is 16.0 Å². The first-order valence-electron chi connectivity index (χ1n) is 7.26. The summed E-state index contributed by atoms with van der Waals surface area (Å²) >= 11 is 0. The third-order valence-corrected chi connectivity index (χ3v) is 3.75. The molecule has 8 heteroatoms. The molecule has 1 aromatic carbocycles. The SMILES string of the molecule is COc1ccc([N+](=O)[O-])cc1NC(=O)C(C)OC(=O)C1CCC1. The number of methoxy groups -OCH3 is 1. The molecule has 2 rings (SSSR count). The summed E-state index contributed by atoms with van der Waals surface area (Å²) in [4.78, 5) is 34.1. The van der Waals surface area contributed by atoms with Crippen molar-refractivity contribution in [3.05, 3.63) is 28.3 Å². The third kappa shape index (κ3) is 3.97. The van der Waals surface area contributed by atoms with Gasteiger partial charge in [0.2, 0.25) is 0 Å². The minimum absolute atomic E-state index is 0.127. The molecule has 1 amide bonds. The van der Waals surface area contributed by atoms with Crippen LogP contribution < -0.4 is 10.1 Å². The molecule has 23 heavy (non-hydrogen) atoms. The number of esters is 1. The van der Waals surface area contributed by atoms with Crippen LogP contribution in [0.3, 0.4) is 0 Å². The van der Waals surface area contributed by atoms with Crippen LogP contribution in [0.4, 0.5) is 11.4 Å². The molecule has 1 aromatic rings. The largest absolute Gasteiger partial charge is 0.495 e. The molecule has 1 unspecified atom stereocenters. The van der Waals surface area contributed by atoms with Gasteiger partial charge in [0, 0.05) is 12.1 Å². The first-order chi connectivity index (χ1) is 10.9. The molecule has 0 saturated heterocycles. The fourth-order valence-corrected chi connectivity index (χ4v) is 2.11. The Morgan fingerprint density at radius 2 is 2.09 bits per heavy atom. The van der Waals surface area contributed by atoms with Crippen molar-refractivity contribution in [2.45, 2.75) is 32.3 Å². The Labute approximate surface area is 132 Å². The quantitative estimate of drug-likeness (QED) is 0.489. The first kappa shape index (κ1) is 16.7. The van der Waals surface area contributed by atoms with E-state index in [2.05, 4.69) is 5.32 Å². The van der Waals surface area contributed by atoms with E-state index in [0.717, 1.165) is 19.3 Å². The molecule has 1 aliphatic rings. The Morgan fingerprint density at radius 1 is 1.39 bits per heavy atom. The van der Waals surface area contributed by atoms with Crippen LogP contribution in [0.15, 0.2) is 18.2 Å². The van der Waals surface area contributed by atoms with Crippen molar-refractivity contribution in [3.63, 3.8) is 0 Å². The molecule has 0 radical (unpaired) electrons. The van der Waals surface area contributed by atoms with E-state index in [1.165, 1.54) is 32.2 Å². The number of benzene rings is 1. The minimum atomic E-state index is -0.993. The second kappa shape index (κ2) is 7.08. The maximum Gasteiger partial charge on any atom is 0.309 e. The van der Waals surface area contributed by atoms with Gasteiger partial charge < -0.3 is 14.8 Å². The predicted octanol–water partition coefficient (Wildman–Crippen LogP) is 2.27. The number of carbonyl (C=O) groups excluding carboxylic acids is 2. The average Bonchev–Trinajstić information content (AvgIpc) is 2.44. The van der Waals surface area contributed by atoms with Crippen molar-refractivity contribution in [2.24, 2.45) is 5.92 Å². The van der Waals surface area contributed by atoms with Gasteiger partial charge in [-0.05, 0) is 25.8 Å². The summed E-state index contributed by atoms with van der Waals surface area (Å²) in [5.41, 5.74) is -0.0292.